The summed E-state index contributed by atoms with van der Waals surface area (Å²) in [4.78, 5) is 7.40. The maximum atomic E-state index is 13.2. The first-order valence-electron chi connectivity index (χ1n) is 7.35. The molecule has 116 valence electrons. The Morgan fingerprint density at radius 1 is 1.19 bits per heavy atom. The van der Waals surface area contributed by atoms with E-state index in [-0.39, 0.29) is 5.41 Å². The maximum absolute atomic E-state index is 13.2. The quantitative estimate of drug-likeness (QED) is 0.882. The van der Waals surface area contributed by atoms with Crippen LogP contribution < -0.4 is 5.73 Å². The minimum atomic E-state index is -0.865. The second-order valence-electron chi connectivity index (χ2n) is 6.65. The first kappa shape index (κ1) is 15.9. The van der Waals surface area contributed by atoms with Crippen molar-refractivity contribution < 1.29 is 8.78 Å². The van der Waals surface area contributed by atoms with E-state index < -0.39 is 11.6 Å². The van der Waals surface area contributed by atoms with Gasteiger partial charge in [-0.15, -0.1) is 0 Å². The average Bonchev–Trinajstić information content (AvgIpc) is 2.75. The van der Waals surface area contributed by atoms with Crippen molar-refractivity contribution in [2.75, 3.05) is 6.54 Å². The van der Waals surface area contributed by atoms with Gasteiger partial charge in [-0.2, -0.15) is 0 Å². The van der Waals surface area contributed by atoms with Gasteiger partial charge in [0.2, 0.25) is 0 Å². The topological polar surface area (TPSA) is 54.7 Å². The third-order valence-corrected chi connectivity index (χ3v) is 4.04. The van der Waals surface area contributed by atoms with Crippen LogP contribution in [0.1, 0.15) is 39.4 Å². The molecule has 0 saturated heterocycles. The number of nitrogens with zero attached hydrogens (tertiary/aromatic N) is 1. The van der Waals surface area contributed by atoms with E-state index in [0.29, 0.717) is 23.5 Å². The molecular weight excluding hydrogens is 272 g/mol. The second-order valence-corrected chi connectivity index (χ2v) is 6.65. The van der Waals surface area contributed by atoms with Crippen LogP contribution in [0.3, 0.4) is 0 Å². The van der Waals surface area contributed by atoms with Gasteiger partial charge in [0.05, 0.1) is 11.0 Å². The van der Waals surface area contributed by atoms with E-state index in [9.17, 15) is 8.78 Å². The Hall–Kier alpha value is -1.49. The third kappa shape index (κ3) is 3.79. The molecule has 1 aromatic heterocycles. The molecule has 0 fully saturated rings. The van der Waals surface area contributed by atoms with Crippen molar-refractivity contribution in [1.82, 2.24) is 9.97 Å². The number of aromatic amines is 1. The second kappa shape index (κ2) is 6.10. The normalized spacial score (nSPS) is 13.8. The van der Waals surface area contributed by atoms with Gasteiger partial charge in [-0.25, -0.2) is 13.8 Å². The number of H-pyrrole nitrogens is 1. The fourth-order valence-corrected chi connectivity index (χ4v) is 2.70. The Morgan fingerprint density at radius 3 is 2.48 bits per heavy atom. The van der Waals surface area contributed by atoms with Gasteiger partial charge in [0.15, 0.2) is 11.6 Å². The molecule has 1 heterocycles. The Balaban J connectivity index is 2.12. The Bertz CT molecular complexity index is 575. The molecule has 0 spiro atoms. The van der Waals surface area contributed by atoms with E-state index in [1.807, 2.05) is 0 Å². The van der Waals surface area contributed by atoms with E-state index in [2.05, 4.69) is 30.7 Å². The van der Waals surface area contributed by atoms with E-state index >= 15 is 0 Å². The summed E-state index contributed by atoms with van der Waals surface area (Å²) in [5.41, 5.74) is 6.87. The molecule has 3 N–H and O–H groups in total. The molecule has 0 radical (unpaired) electrons. The number of aromatic nitrogens is 2. The molecule has 2 aromatic rings. The van der Waals surface area contributed by atoms with Gasteiger partial charge in [0.1, 0.15) is 5.82 Å². The molecule has 1 unspecified atom stereocenters. The zero-order valence-electron chi connectivity index (χ0n) is 12.8. The molecule has 5 heteroatoms. The average molecular weight is 295 g/mol. The van der Waals surface area contributed by atoms with E-state index in [1.165, 1.54) is 0 Å². The monoisotopic (exact) mass is 295 g/mol. The van der Waals surface area contributed by atoms with Crippen LogP contribution in [0.25, 0.3) is 11.0 Å². The number of benzene rings is 1. The van der Waals surface area contributed by atoms with Gasteiger partial charge < -0.3 is 10.7 Å². The summed E-state index contributed by atoms with van der Waals surface area (Å²) in [5.74, 6) is -0.463. The summed E-state index contributed by atoms with van der Waals surface area (Å²) in [7, 11) is 0. The van der Waals surface area contributed by atoms with Crippen LogP contribution >= 0.6 is 0 Å². The highest BCUT2D eigenvalue weighted by molar-refractivity contribution is 5.75. The van der Waals surface area contributed by atoms with Crippen LogP contribution in [0, 0.1) is 23.0 Å². The van der Waals surface area contributed by atoms with Crippen molar-refractivity contribution in [2.24, 2.45) is 17.1 Å². The lowest BCUT2D eigenvalue weighted by molar-refractivity contribution is 0.214. The minimum absolute atomic E-state index is 0.184. The van der Waals surface area contributed by atoms with Crippen LogP contribution in [0.15, 0.2) is 12.1 Å². The minimum Gasteiger partial charge on any atom is -0.342 e. The Kier molecular flexibility index (Phi) is 4.61. The summed E-state index contributed by atoms with van der Waals surface area (Å²) < 4.78 is 26.4. The lowest BCUT2D eigenvalue weighted by Crippen LogP contribution is -2.24. The van der Waals surface area contributed by atoms with Gasteiger partial charge in [-0.05, 0) is 30.7 Å². The number of halogens is 2. The van der Waals surface area contributed by atoms with Crippen LogP contribution in [0.4, 0.5) is 8.78 Å². The highest BCUT2D eigenvalue weighted by Crippen LogP contribution is 2.32. The summed E-state index contributed by atoms with van der Waals surface area (Å²) >= 11 is 0. The summed E-state index contributed by atoms with van der Waals surface area (Å²) in [6.07, 6.45) is 2.67. The molecule has 3 nitrogen and oxygen atoms in total. The zero-order valence-corrected chi connectivity index (χ0v) is 12.8. The van der Waals surface area contributed by atoms with Crippen LogP contribution in [0.5, 0.6) is 0 Å². The predicted molar refractivity (Wildman–Crippen MR) is 80.9 cm³/mol. The molecule has 0 aliphatic rings. The zero-order chi connectivity index (χ0) is 15.6. The maximum Gasteiger partial charge on any atom is 0.161 e. The van der Waals surface area contributed by atoms with Gasteiger partial charge in [0.25, 0.3) is 0 Å². The molecule has 0 amide bonds. The number of hydrogen-bond acceptors (Lipinski definition) is 2. The molecule has 2 rings (SSSR count). The SMILES string of the molecule is CC(C)(C)C(CCN)CCc1nc2cc(F)c(F)cc2[nH]1. The molecule has 0 saturated carbocycles. The lowest BCUT2D eigenvalue weighted by atomic mass is 9.76. The number of nitrogens with two attached hydrogens (primary N) is 1. The van der Waals surface area contributed by atoms with Gasteiger partial charge in [-0.1, -0.05) is 20.8 Å². The highest BCUT2D eigenvalue weighted by atomic mass is 19.2. The number of hydrogen-bond donors (Lipinski definition) is 2. The number of aryl methyl sites for hydroxylation is 1. The predicted octanol–water partition coefficient (Wildman–Crippen LogP) is 3.78. The highest BCUT2D eigenvalue weighted by Gasteiger charge is 2.24. The Labute approximate surface area is 123 Å². The van der Waals surface area contributed by atoms with Gasteiger partial charge in [0, 0.05) is 18.6 Å². The van der Waals surface area contributed by atoms with Crippen molar-refractivity contribution in [3.63, 3.8) is 0 Å². The van der Waals surface area contributed by atoms with Crippen LogP contribution in [-0.4, -0.2) is 16.5 Å². The first-order chi connectivity index (χ1) is 9.81. The first-order valence-corrected chi connectivity index (χ1v) is 7.35. The molecular formula is C16H23F2N3. The number of fused-ring (bicyclic) bond motifs is 1. The standard InChI is InChI=1S/C16H23F2N3/c1-16(2,3)10(6-7-19)4-5-15-20-13-8-11(17)12(18)9-14(13)21-15/h8-10H,4-7,19H2,1-3H3,(H,20,21). The van der Waals surface area contributed by atoms with Gasteiger partial charge in [-0.3, -0.25) is 0 Å². The molecule has 1 aromatic carbocycles. The van der Waals surface area contributed by atoms with E-state index in [0.717, 1.165) is 37.2 Å². The lowest BCUT2D eigenvalue weighted by Gasteiger charge is -2.30. The number of nitrogens with one attached hydrogen (secondary N) is 1. The molecule has 1 atom stereocenters. The summed E-state index contributed by atoms with van der Waals surface area (Å²) in [6.45, 7) is 7.28. The van der Waals surface area contributed by atoms with Crippen molar-refractivity contribution in [2.45, 2.75) is 40.0 Å². The largest absolute Gasteiger partial charge is 0.342 e. The van der Waals surface area contributed by atoms with Crippen molar-refractivity contribution in [1.29, 1.82) is 0 Å². The molecule has 0 aliphatic heterocycles. The van der Waals surface area contributed by atoms with E-state index in [4.69, 9.17) is 5.73 Å². The van der Waals surface area contributed by atoms with Crippen LogP contribution in [0.2, 0.25) is 0 Å². The summed E-state index contributed by atoms with van der Waals surface area (Å²) in [6, 6.07) is 2.29. The third-order valence-electron chi connectivity index (χ3n) is 4.04. The number of imidazole rings is 1. The molecule has 0 bridgehead atoms. The Morgan fingerprint density at radius 2 is 1.86 bits per heavy atom. The fourth-order valence-electron chi connectivity index (χ4n) is 2.70. The fraction of sp³-hybridized carbons (Fsp3) is 0.562. The van der Waals surface area contributed by atoms with Gasteiger partial charge >= 0.3 is 0 Å². The smallest absolute Gasteiger partial charge is 0.161 e. The molecule has 21 heavy (non-hydrogen) atoms. The summed E-state index contributed by atoms with van der Waals surface area (Å²) in [5, 5.41) is 0. The molecule has 0 aliphatic carbocycles. The number of rotatable bonds is 5. The van der Waals surface area contributed by atoms with E-state index in [1.54, 1.807) is 0 Å². The van der Waals surface area contributed by atoms with Crippen molar-refractivity contribution in [3.8, 4) is 0 Å². The van der Waals surface area contributed by atoms with Crippen molar-refractivity contribution >= 4 is 11.0 Å². The van der Waals surface area contributed by atoms with Crippen LogP contribution in [-0.2, 0) is 6.42 Å². The van der Waals surface area contributed by atoms with Crippen molar-refractivity contribution in [3.05, 3.63) is 29.6 Å².